The normalized spacial score (nSPS) is 11.0. The molecule has 2 heterocycles. The van der Waals surface area contributed by atoms with E-state index in [4.69, 9.17) is 23.4 Å². The fraction of sp³-hybridized carbons (Fsp3) is 0.265. The molecule has 1 amide bonds. The zero-order valence-electron chi connectivity index (χ0n) is 25.6. The Labute approximate surface area is 256 Å². The number of hydrogen-bond acceptors (Lipinski definition) is 8. The van der Waals surface area contributed by atoms with Crippen molar-refractivity contribution in [2.24, 2.45) is 5.10 Å². The van der Waals surface area contributed by atoms with Gasteiger partial charge in [0.05, 0.1) is 19.4 Å². The molecule has 0 atom stereocenters. The third kappa shape index (κ3) is 8.19. The monoisotopic (exact) mass is 599 g/mol. The standard InChI is InChI=1S/C34H37N3O7/c1-7-8-26-17-25(18-31(40-6)33(26)42-21-32(38)43-22(2)3)19-35-36-34(39)30-16-15-29(44-30)20-41-28-13-11-27(12-14-28)37-23(4)9-10-24(37)5/h7,9-19,22H,1,8,20-21H2,2-6H3,(H,36,39)/b35-19+. The van der Waals surface area contributed by atoms with Crippen LogP contribution in [0.2, 0.25) is 0 Å². The molecule has 1 N–H and O–H groups in total. The van der Waals surface area contributed by atoms with E-state index in [0.29, 0.717) is 35.0 Å². The first-order valence-electron chi connectivity index (χ1n) is 14.1. The van der Waals surface area contributed by atoms with E-state index in [1.807, 2.05) is 24.3 Å². The van der Waals surface area contributed by atoms with Crippen LogP contribution in [0.1, 0.15) is 52.7 Å². The first kappa shape index (κ1) is 31.7. The fourth-order valence-corrected chi connectivity index (χ4v) is 4.53. The molecule has 0 aliphatic rings. The minimum atomic E-state index is -0.517. The third-order valence-corrected chi connectivity index (χ3v) is 6.45. The molecule has 44 heavy (non-hydrogen) atoms. The first-order valence-corrected chi connectivity index (χ1v) is 14.1. The topological polar surface area (TPSA) is 114 Å². The van der Waals surface area contributed by atoms with Crippen molar-refractivity contribution in [1.82, 2.24) is 9.99 Å². The predicted molar refractivity (Wildman–Crippen MR) is 167 cm³/mol. The number of carbonyl (C=O) groups excluding carboxylic acids is 2. The maximum Gasteiger partial charge on any atom is 0.344 e. The van der Waals surface area contributed by atoms with Crippen molar-refractivity contribution in [3.05, 3.63) is 107 Å². The second kappa shape index (κ2) is 14.8. The molecule has 0 fully saturated rings. The maximum atomic E-state index is 12.6. The average Bonchev–Trinajstić information content (AvgIpc) is 3.61. The van der Waals surface area contributed by atoms with Crippen LogP contribution in [-0.2, 0) is 22.6 Å². The molecule has 4 rings (SSSR count). The Kier molecular flexibility index (Phi) is 10.6. The Morgan fingerprint density at radius 2 is 1.75 bits per heavy atom. The van der Waals surface area contributed by atoms with Gasteiger partial charge in [-0.05, 0) is 100 Å². The smallest absolute Gasteiger partial charge is 0.344 e. The zero-order chi connectivity index (χ0) is 31.6. The van der Waals surface area contributed by atoms with E-state index < -0.39 is 11.9 Å². The number of allylic oxidation sites excluding steroid dienone is 1. The van der Waals surface area contributed by atoms with Crippen molar-refractivity contribution >= 4 is 18.1 Å². The summed E-state index contributed by atoms with van der Waals surface area (Å²) in [5.41, 5.74) is 7.20. The van der Waals surface area contributed by atoms with E-state index in [1.165, 1.54) is 13.3 Å². The van der Waals surface area contributed by atoms with Gasteiger partial charge in [0.25, 0.3) is 0 Å². The number of nitrogens with one attached hydrogen (secondary N) is 1. The molecule has 0 saturated carbocycles. The van der Waals surface area contributed by atoms with Gasteiger partial charge < -0.3 is 27.9 Å². The Balaban J connectivity index is 1.34. The lowest BCUT2D eigenvalue weighted by Crippen LogP contribution is -2.19. The Bertz CT molecular complexity index is 1610. The molecule has 10 heteroatoms. The van der Waals surface area contributed by atoms with Crippen molar-refractivity contribution in [2.75, 3.05) is 13.7 Å². The van der Waals surface area contributed by atoms with E-state index in [1.54, 1.807) is 44.2 Å². The number of hydrazone groups is 1. The number of aryl methyl sites for hydroxylation is 2. The Morgan fingerprint density at radius 1 is 1.02 bits per heavy atom. The van der Waals surface area contributed by atoms with Crippen molar-refractivity contribution < 1.29 is 33.0 Å². The summed E-state index contributed by atoms with van der Waals surface area (Å²) in [6.07, 6.45) is 3.38. The lowest BCUT2D eigenvalue weighted by Gasteiger charge is -2.16. The van der Waals surface area contributed by atoms with Crippen LogP contribution >= 0.6 is 0 Å². The summed E-state index contributed by atoms with van der Waals surface area (Å²) in [7, 11) is 1.49. The number of hydrogen-bond donors (Lipinski definition) is 1. The third-order valence-electron chi connectivity index (χ3n) is 6.45. The molecule has 0 radical (unpaired) electrons. The number of furan rings is 1. The summed E-state index contributed by atoms with van der Waals surface area (Å²) < 4.78 is 30.0. The molecule has 0 bridgehead atoms. The van der Waals surface area contributed by atoms with Crippen molar-refractivity contribution in [1.29, 1.82) is 0 Å². The number of aromatic nitrogens is 1. The van der Waals surface area contributed by atoms with Gasteiger partial charge in [-0.1, -0.05) is 6.08 Å². The fourth-order valence-electron chi connectivity index (χ4n) is 4.53. The number of rotatable bonds is 14. The number of esters is 1. The van der Waals surface area contributed by atoms with Crippen LogP contribution in [0.4, 0.5) is 0 Å². The Hall–Kier alpha value is -5.25. The van der Waals surface area contributed by atoms with Gasteiger partial charge in [-0.25, -0.2) is 10.2 Å². The van der Waals surface area contributed by atoms with Crippen molar-refractivity contribution in [3.63, 3.8) is 0 Å². The molecular weight excluding hydrogens is 562 g/mol. The lowest BCUT2D eigenvalue weighted by molar-refractivity contribution is -0.149. The van der Waals surface area contributed by atoms with Gasteiger partial charge in [-0.15, -0.1) is 6.58 Å². The van der Waals surface area contributed by atoms with Crippen LogP contribution in [0, 0.1) is 13.8 Å². The largest absolute Gasteiger partial charge is 0.493 e. The number of nitrogens with zero attached hydrogens (tertiary/aromatic N) is 2. The van der Waals surface area contributed by atoms with Gasteiger partial charge in [0.15, 0.2) is 23.9 Å². The highest BCUT2D eigenvalue weighted by Crippen LogP contribution is 2.33. The van der Waals surface area contributed by atoms with Gasteiger partial charge in [-0.2, -0.15) is 5.10 Å². The average molecular weight is 600 g/mol. The molecule has 2 aromatic heterocycles. The molecule has 0 unspecified atom stereocenters. The summed E-state index contributed by atoms with van der Waals surface area (Å²) >= 11 is 0. The van der Waals surface area contributed by atoms with Crippen LogP contribution < -0.4 is 19.6 Å². The Morgan fingerprint density at radius 3 is 2.41 bits per heavy atom. The minimum Gasteiger partial charge on any atom is -0.493 e. The summed E-state index contributed by atoms with van der Waals surface area (Å²) in [6.45, 7) is 11.3. The number of ether oxygens (including phenoxy) is 4. The van der Waals surface area contributed by atoms with E-state index in [9.17, 15) is 9.59 Å². The summed E-state index contributed by atoms with van der Waals surface area (Å²) in [6, 6.07) is 18.7. The van der Waals surface area contributed by atoms with Gasteiger partial charge in [-0.3, -0.25) is 4.79 Å². The van der Waals surface area contributed by atoms with Crippen molar-refractivity contribution in [2.45, 2.75) is 46.8 Å². The van der Waals surface area contributed by atoms with Gasteiger partial charge in [0, 0.05) is 22.6 Å². The van der Waals surface area contributed by atoms with E-state index >= 15 is 0 Å². The number of methoxy groups -OCH3 is 1. The molecule has 2 aromatic carbocycles. The highest BCUT2D eigenvalue weighted by Gasteiger charge is 2.16. The summed E-state index contributed by atoms with van der Waals surface area (Å²) in [4.78, 5) is 24.6. The van der Waals surface area contributed by atoms with Crippen LogP contribution in [0.25, 0.3) is 5.69 Å². The van der Waals surface area contributed by atoms with E-state index in [2.05, 4.69) is 47.7 Å². The molecule has 0 saturated heterocycles. The van der Waals surface area contributed by atoms with E-state index in [0.717, 1.165) is 22.6 Å². The van der Waals surface area contributed by atoms with Crippen LogP contribution in [-0.4, -0.2) is 42.5 Å². The molecule has 4 aromatic rings. The highest BCUT2D eigenvalue weighted by atomic mass is 16.6. The summed E-state index contributed by atoms with van der Waals surface area (Å²) in [5, 5.41) is 4.06. The molecule has 0 aliphatic carbocycles. The second-order valence-corrected chi connectivity index (χ2v) is 10.2. The second-order valence-electron chi connectivity index (χ2n) is 10.2. The molecule has 10 nitrogen and oxygen atoms in total. The number of carbonyl (C=O) groups is 2. The number of benzene rings is 2. The quantitative estimate of drug-likeness (QED) is 0.0807. The number of amides is 1. The SMILES string of the molecule is C=CCc1cc(/C=N/NC(=O)c2ccc(COc3ccc(-n4c(C)ccc4C)cc3)o2)cc(OC)c1OCC(=O)OC(C)C. The van der Waals surface area contributed by atoms with Gasteiger partial charge >= 0.3 is 11.9 Å². The highest BCUT2D eigenvalue weighted by molar-refractivity contribution is 5.92. The molecular formula is C34H37N3O7. The molecule has 0 spiro atoms. The van der Waals surface area contributed by atoms with Crippen LogP contribution in [0.5, 0.6) is 17.2 Å². The lowest BCUT2D eigenvalue weighted by atomic mass is 10.1. The minimum absolute atomic E-state index is 0.0941. The zero-order valence-corrected chi connectivity index (χ0v) is 25.6. The van der Waals surface area contributed by atoms with Gasteiger partial charge in [0.1, 0.15) is 18.1 Å². The first-order chi connectivity index (χ1) is 21.2. The summed E-state index contributed by atoms with van der Waals surface area (Å²) in [5.74, 6) is 1.07. The van der Waals surface area contributed by atoms with Crippen LogP contribution in [0.3, 0.4) is 0 Å². The molecule has 230 valence electrons. The van der Waals surface area contributed by atoms with E-state index in [-0.39, 0.29) is 25.1 Å². The maximum absolute atomic E-state index is 12.6. The predicted octanol–water partition coefficient (Wildman–Crippen LogP) is 6.10. The molecule has 0 aliphatic heterocycles. The van der Waals surface area contributed by atoms with Gasteiger partial charge in [0.2, 0.25) is 0 Å². The van der Waals surface area contributed by atoms with Crippen LogP contribution in [0.15, 0.2) is 82.8 Å². The van der Waals surface area contributed by atoms with Crippen molar-refractivity contribution in [3.8, 4) is 22.9 Å².